The highest BCUT2D eigenvalue weighted by molar-refractivity contribution is 5.96. The van der Waals surface area contributed by atoms with Gasteiger partial charge in [-0.1, -0.05) is 25.7 Å². The summed E-state index contributed by atoms with van der Waals surface area (Å²) in [4.78, 5) is 40.0. The number of fused-ring (bicyclic) bond motifs is 3. The lowest BCUT2D eigenvalue weighted by Crippen LogP contribution is -2.59. The van der Waals surface area contributed by atoms with Crippen LogP contribution in [0.5, 0.6) is 11.5 Å². The van der Waals surface area contributed by atoms with Gasteiger partial charge in [-0.3, -0.25) is 14.4 Å². The summed E-state index contributed by atoms with van der Waals surface area (Å²) in [5.74, 6) is -0.716. The van der Waals surface area contributed by atoms with Crippen molar-refractivity contribution in [3.8, 4) is 11.5 Å². The zero-order valence-corrected chi connectivity index (χ0v) is 21.4. The Morgan fingerprint density at radius 2 is 1.92 bits per heavy atom. The lowest BCUT2D eigenvalue weighted by Gasteiger charge is -2.44. The minimum absolute atomic E-state index is 0.0428. The first-order valence-electron chi connectivity index (χ1n) is 12.9. The summed E-state index contributed by atoms with van der Waals surface area (Å²) in [5, 5.41) is 23.7. The van der Waals surface area contributed by atoms with Crippen LogP contribution in [0.25, 0.3) is 0 Å². The molecule has 37 heavy (non-hydrogen) atoms. The van der Waals surface area contributed by atoms with Gasteiger partial charge in [-0.05, 0) is 31.1 Å². The van der Waals surface area contributed by atoms with E-state index in [-0.39, 0.29) is 31.7 Å². The van der Waals surface area contributed by atoms with Gasteiger partial charge in [0.2, 0.25) is 11.8 Å². The minimum atomic E-state index is -1.15. The number of benzene rings is 1. The number of rotatable bonds is 9. The Kier molecular flexibility index (Phi) is 8.83. The van der Waals surface area contributed by atoms with Crippen LogP contribution in [-0.4, -0.2) is 91.5 Å². The van der Waals surface area contributed by atoms with Gasteiger partial charge in [0, 0.05) is 36.4 Å². The van der Waals surface area contributed by atoms with Gasteiger partial charge in [0.05, 0.1) is 25.7 Å². The Labute approximate surface area is 216 Å². The van der Waals surface area contributed by atoms with E-state index in [0.29, 0.717) is 34.5 Å². The topological polar surface area (TPSA) is 135 Å². The van der Waals surface area contributed by atoms with Crippen LogP contribution < -0.4 is 14.8 Å². The van der Waals surface area contributed by atoms with Gasteiger partial charge in [0.1, 0.15) is 25.1 Å². The molecule has 3 N–H and O–H groups in total. The predicted molar refractivity (Wildman–Crippen MR) is 134 cm³/mol. The van der Waals surface area contributed by atoms with Gasteiger partial charge < -0.3 is 34.6 Å². The monoisotopic (exact) mass is 516 g/mol. The van der Waals surface area contributed by atoms with Crippen molar-refractivity contribution >= 4 is 18.1 Å². The molecular formula is C27H36N2O8. The first-order valence-corrected chi connectivity index (χ1v) is 12.9. The third-order valence-corrected chi connectivity index (χ3v) is 7.51. The van der Waals surface area contributed by atoms with Crippen molar-refractivity contribution in [1.82, 2.24) is 10.2 Å². The van der Waals surface area contributed by atoms with E-state index in [1.54, 1.807) is 23.1 Å². The zero-order valence-electron chi connectivity index (χ0n) is 21.4. The second kappa shape index (κ2) is 12.1. The zero-order chi connectivity index (χ0) is 26.5. The summed E-state index contributed by atoms with van der Waals surface area (Å²) in [6.07, 6.45) is 5.99. The summed E-state index contributed by atoms with van der Waals surface area (Å²) >= 11 is 0. The van der Waals surface area contributed by atoms with Crippen LogP contribution in [0.15, 0.2) is 23.8 Å². The van der Waals surface area contributed by atoms with E-state index in [1.807, 2.05) is 0 Å². The smallest absolute Gasteiger partial charge is 0.249 e. The first kappa shape index (κ1) is 27.1. The predicted octanol–water partition coefficient (Wildman–Crippen LogP) is 1.33. The maximum absolute atomic E-state index is 13.4. The number of hydrogen-bond acceptors (Lipinski definition) is 8. The van der Waals surface area contributed by atoms with Crippen molar-refractivity contribution < 1.29 is 38.8 Å². The molecular weight excluding hydrogens is 480 g/mol. The second-order valence-electron chi connectivity index (χ2n) is 9.78. The number of aliphatic hydroxyl groups excluding tert-OH is 2. The molecule has 1 heterocycles. The quantitative estimate of drug-likeness (QED) is 0.331. The van der Waals surface area contributed by atoms with Crippen LogP contribution in [-0.2, 0) is 14.3 Å². The molecule has 0 saturated heterocycles. The van der Waals surface area contributed by atoms with E-state index in [9.17, 15) is 24.6 Å². The average Bonchev–Trinajstić information content (AvgIpc) is 3.09. The maximum Gasteiger partial charge on any atom is 0.249 e. The third-order valence-electron chi connectivity index (χ3n) is 7.51. The molecule has 0 bridgehead atoms. The Hall–Kier alpha value is -2.95. The lowest BCUT2D eigenvalue weighted by molar-refractivity contribution is -0.144. The van der Waals surface area contributed by atoms with Crippen molar-refractivity contribution in [3.05, 3.63) is 34.9 Å². The van der Waals surface area contributed by atoms with Crippen molar-refractivity contribution in [1.29, 1.82) is 0 Å². The number of methoxy groups -OCH3 is 2. The van der Waals surface area contributed by atoms with E-state index in [4.69, 9.17) is 14.2 Å². The number of aliphatic hydroxyl groups is 2. The molecule has 1 saturated carbocycles. The molecule has 202 valence electrons. The molecule has 2 amide bonds. The van der Waals surface area contributed by atoms with Crippen molar-refractivity contribution in [2.45, 2.75) is 68.7 Å². The van der Waals surface area contributed by atoms with Gasteiger partial charge in [0.15, 0.2) is 11.5 Å². The van der Waals surface area contributed by atoms with E-state index in [2.05, 4.69) is 5.32 Å². The van der Waals surface area contributed by atoms with E-state index >= 15 is 0 Å². The fourth-order valence-electron chi connectivity index (χ4n) is 5.88. The van der Waals surface area contributed by atoms with Gasteiger partial charge in [-0.25, -0.2) is 0 Å². The molecule has 4 atom stereocenters. The molecule has 3 aliphatic rings. The molecule has 4 rings (SSSR count). The minimum Gasteiger partial charge on any atom is -0.493 e. The molecule has 2 aliphatic carbocycles. The summed E-state index contributed by atoms with van der Waals surface area (Å²) in [6.45, 7) is -0.345. The molecule has 1 aromatic carbocycles. The number of aldehydes is 1. The number of ether oxygens (including phenoxy) is 3. The summed E-state index contributed by atoms with van der Waals surface area (Å²) in [5.41, 5.74) is 1.21. The fraction of sp³-hybridized carbons (Fsp3) is 0.593. The number of hydrogen-bond donors (Lipinski definition) is 3. The standard InChI is InChI=1S/C27H36N2O8/c1-35-15-22(32)29(17-7-5-3-4-6-8-17)20-13-19(27(34)28-9-10-30)23-18-11-16(14-31)12-21(36-2)25(18)37-26(23)24(20)33/h11-14,17,20,23-24,26,30,33H,3-10,15H2,1-2H3,(H,28,34). The van der Waals surface area contributed by atoms with Crippen LogP contribution >= 0.6 is 0 Å². The second-order valence-corrected chi connectivity index (χ2v) is 9.78. The number of nitrogens with zero attached hydrogens (tertiary/aromatic N) is 1. The molecule has 1 aromatic rings. The van der Waals surface area contributed by atoms with Crippen LogP contribution in [0, 0.1) is 0 Å². The molecule has 4 unspecified atom stereocenters. The third kappa shape index (κ3) is 5.37. The van der Waals surface area contributed by atoms with E-state index < -0.39 is 30.1 Å². The highest BCUT2D eigenvalue weighted by atomic mass is 16.5. The van der Waals surface area contributed by atoms with Crippen LogP contribution in [0.4, 0.5) is 0 Å². The van der Waals surface area contributed by atoms with Crippen LogP contribution in [0.3, 0.4) is 0 Å². The number of nitrogens with one attached hydrogen (secondary N) is 1. The number of amides is 2. The van der Waals surface area contributed by atoms with Gasteiger partial charge in [-0.2, -0.15) is 0 Å². The first-order chi connectivity index (χ1) is 17.9. The Morgan fingerprint density at radius 1 is 1.19 bits per heavy atom. The Balaban J connectivity index is 1.82. The summed E-state index contributed by atoms with van der Waals surface area (Å²) < 4.78 is 16.9. The van der Waals surface area contributed by atoms with Crippen molar-refractivity contribution in [2.75, 3.05) is 34.0 Å². The normalized spacial score (nSPS) is 25.1. The Morgan fingerprint density at radius 3 is 2.54 bits per heavy atom. The number of carbonyl (C=O) groups is 3. The maximum atomic E-state index is 13.4. The van der Waals surface area contributed by atoms with Crippen LogP contribution in [0.1, 0.15) is 60.4 Å². The highest BCUT2D eigenvalue weighted by Gasteiger charge is 2.52. The number of carbonyl (C=O) groups excluding carboxylic acids is 3. The van der Waals surface area contributed by atoms with Crippen molar-refractivity contribution in [2.24, 2.45) is 0 Å². The molecule has 0 spiro atoms. The summed E-state index contributed by atoms with van der Waals surface area (Å²) in [7, 11) is 2.91. The Bertz CT molecular complexity index is 1030. The van der Waals surface area contributed by atoms with Crippen LogP contribution in [0.2, 0.25) is 0 Å². The molecule has 0 radical (unpaired) electrons. The van der Waals surface area contributed by atoms with E-state index in [1.165, 1.54) is 14.2 Å². The fourth-order valence-corrected chi connectivity index (χ4v) is 5.88. The van der Waals surface area contributed by atoms with Crippen molar-refractivity contribution in [3.63, 3.8) is 0 Å². The molecule has 10 heteroatoms. The lowest BCUT2D eigenvalue weighted by atomic mass is 9.76. The highest BCUT2D eigenvalue weighted by Crippen LogP contribution is 2.51. The SMILES string of the molecule is COCC(=O)N(C1CCCCCC1)C1C=C(C(=O)NCCO)C2c3cc(C=O)cc(OC)c3OC2C1O. The molecule has 1 fully saturated rings. The van der Waals surface area contributed by atoms with Gasteiger partial charge in [-0.15, -0.1) is 0 Å². The van der Waals surface area contributed by atoms with Gasteiger partial charge >= 0.3 is 0 Å². The summed E-state index contributed by atoms with van der Waals surface area (Å²) in [6, 6.07) is 2.24. The molecule has 0 aromatic heterocycles. The molecule has 1 aliphatic heterocycles. The van der Waals surface area contributed by atoms with E-state index in [0.717, 1.165) is 38.5 Å². The molecule has 10 nitrogen and oxygen atoms in total. The largest absolute Gasteiger partial charge is 0.493 e. The van der Waals surface area contributed by atoms with Gasteiger partial charge in [0.25, 0.3) is 0 Å². The average molecular weight is 517 g/mol.